The first-order valence-corrected chi connectivity index (χ1v) is 6.40. The highest BCUT2D eigenvalue weighted by Gasteiger charge is 2.32. The molecule has 0 unspecified atom stereocenters. The summed E-state index contributed by atoms with van der Waals surface area (Å²) < 4.78 is 13.6. The number of carbonyl (C=O) groups is 1. The Balaban J connectivity index is 2.25. The summed E-state index contributed by atoms with van der Waals surface area (Å²) in [4.78, 5) is 14.1. The fraction of sp³-hybridized carbons (Fsp3) is 0.500. The summed E-state index contributed by atoms with van der Waals surface area (Å²) in [5.74, 6) is -0.328. The van der Waals surface area contributed by atoms with Gasteiger partial charge in [0.2, 0.25) is 0 Å². The van der Waals surface area contributed by atoms with Gasteiger partial charge in [0.25, 0.3) is 5.91 Å². The average Bonchev–Trinajstić information content (AvgIpc) is 2.38. The van der Waals surface area contributed by atoms with Crippen LogP contribution in [0.25, 0.3) is 0 Å². The van der Waals surface area contributed by atoms with E-state index in [1.807, 2.05) is 0 Å². The molecule has 18 heavy (non-hydrogen) atoms. The molecule has 1 amide bonds. The topological polar surface area (TPSA) is 46.3 Å². The summed E-state index contributed by atoms with van der Waals surface area (Å²) in [6, 6.07) is 6.14. The van der Waals surface area contributed by atoms with E-state index in [-0.39, 0.29) is 17.5 Å². The summed E-state index contributed by atoms with van der Waals surface area (Å²) in [6.07, 6.45) is 2.03. The highest BCUT2D eigenvalue weighted by Crippen LogP contribution is 2.24. The molecule has 1 fully saturated rings. The summed E-state index contributed by atoms with van der Waals surface area (Å²) in [7, 11) is 0. The van der Waals surface area contributed by atoms with Gasteiger partial charge in [-0.2, -0.15) is 0 Å². The lowest BCUT2D eigenvalue weighted by Crippen LogP contribution is -2.51. The molecular weight excluding hydrogens is 231 g/mol. The molecule has 0 bridgehead atoms. The Morgan fingerprint density at radius 2 is 2.22 bits per heavy atom. The molecule has 0 aromatic heterocycles. The van der Waals surface area contributed by atoms with Crippen molar-refractivity contribution in [2.75, 3.05) is 13.1 Å². The summed E-state index contributed by atoms with van der Waals surface area (Å²) in [5.41, 5.74) is 5.89. The Labute approximate surface area is 107 Å². The van der Waals surface area contributed by atoms with Gasteiger partial charge in [0.1, 0.15) is 5.82 Å². The molecule has 0 aliphatic carbocycles. The zero-order valence-corrected chi connectivity index (χ0v) is 10.6. The lowest BCUT2D eigenvalue weighted by Gasteiger charge is -2.39. The van der Waals surface area contributed by atoms with E-state index < -0.39 is 5.82 Å². The molecule has 2 rings (SSSR count). The zero-order chi connectivity index (χ0) is 13.1. The van der Waals surface area contributed by atoms with Crippen molar-refractivity contribution in [1.29, 1.82) is 0 Å². The Morgan fingerprint density at radius 1 is 1.50 bits per heavy atom. The van der Waals surface area contributed by atoms with E-state index in [2.05, 4.69) is 6.92 Å². The smallest absolute Gasteiger partial charge is 0.257 e. The Hall–Kier alpha value is -1.42. The lowest BCUT2D eigenvalue weighted by atomic mass is 9.90. The van der Waals surface area contributed by atoms with E-state index in [1.54, 1.807) is 17.0 Å². The van der Waals surface area contributed by atoms with Crippen molar-refractivity contribution in [2.24, 2.45) is 11.7 Å². The highest BCUT2D eigenvalue weighted by atomic mass is 19.1. The third kappa shape index (κ3) is 2.38. The number of amides is 1. The third-order valence-corrected chi connectivity index (χ3v) is 3.72. The fourth-order valence-corrected chi connectivity index (χ4v) is 2.65. The van der Waals surface area contributed by atoms with Crippen molar-refractivity contribution >= 4 is 5.91 Å². The highest BCUT2D eigenvalue weighted by molar-refractivity contribution is 5.94. The molecule has 0 spiro atoms. The van der Waals surface area contributed by atoms with E-state index in [0.717, 1.165) is 12.8 Å². The van der Waals surface area contributed by atoms with Gasteiger partial charge >= 0.3 is 0 Å². The molecule has 1 saturated heterocycles. The summed E-state index contributed by atoms with van der Waals surface area (Å²) in [5, 5.41) is 0. The van der Waals surface area contributed by atoms with Crippen LogP contribution < -0.4 is 5.73 Å². The fourth-order valence-electron chi connectivity index (χ4n) is 2.65. The van der Waals surface area contributed by atoms with Gasteiger partial charge in [0, 0.05) is 19.1 Å². The maximum absolute atomic E-state index is 13.6. The molecule has 1 heterocycles. The van der Waals surface area contributed by atoms with Gasteiger partial charge in [0.05, 0.1) is 5.56 Å². The minimum absolute atomic E-state index is 0.0193. The Morgan fingerprint density at radius 3 is 2.89 bits per heavy atom. The van der Waals surface area contributed by atoms with Crippen LogP contribution in [-0.4, -0.2) is 29.9 Å². The van der Waals surface area contributed by atoms with Crippen LogP contribution in [0.5, 0.6) is 0 Å². The first-order chi connectivity index (χ1) is 8.65. The summed E-state index contributed by atoms with van der Waals surface area (Å²) >= 11 is 0. The van der Waals surface area contributed by atoms with Crippen molar-refractivity contribution < 1.29 is 9.18 Å². The largest absolute Gasteiger partial charge is 0.334 e. The summed E-state index contributed by atoms with van der Waals surface area (Å²) in [6.45, 7) is 3.19. The van der Waals surface area contributed by atoms with E-state index >= 15 is 0 Å². The predicted molar refractivity (Wildman–Crippen MR) is 68.7 cm³/mol. The predicted octanol–water partition coefficient (Wildman–Crippen LogP) is 2.03. The first kappa shape index (κ1) is 13.0. The number of rotatable bonds is 2. The van der Waals surface area contributed by atoms with Crippen LogP contribution in [0.15, 0.2) is 24.3 Å². The van der Waals surface area contributed by atoms with Crippen LogP contribution in [0.4, 0.5) is 4.39 Å². The normalized spacial score (nSPS) is 24.1. The zero-order valence-electron chi connectivity index (χ0n) is 10.6. The Bertz CT molecular complexity index is 436. The minimum Gasteiger partial charge on any atom is -0.334 e. The van der Waals surface area contributed by atoms with Gasteiger partial charge in [-0.3, -0.25) is 4.79 Å². The molecule has 0 saturated carbocycles. The number of benzene rings is 1. The molecular formula is C14H19FN2O. The van der Waals surface area contributed by atoms with E-state index in [0.29, 0.717) is 19.0 Å². The van der Waals surface area contributed by atoms with Crippen LogP contribution >= 0.6 is 0 Å². The molecule has 1 aromatic carbocycles. The molecule has 4 heteroatoms. The van der Waals surface area contributed by atoms with Gasteiger partial charge in [-0.25, -0.2) is 4.39 Å². The SMILES string of the molecule is C[C@H]1CCCN(C(=O)c2ccccc2F)[C@H]1CN. The standard InChI is InChI=1S/C14H19FN2O/c1-10-5-4-8-17(13(10)9-16)14(18)11-6-2-3-7-12(11)15/h2-3,6-7,10,13H,4-5,8-9,16H2,1H3/t10-,13-/m0/s1. The Kier molecular flexibility index (Phi) is 3.97. The van der Waals surface area contributed by atoms with Gasteiger partial charge in [-0.1, -0.05) is 19.1 Å². The number of halogens is 1. The van der Waals surface area contributed by atoms with Crippen molar-refractivity contribution in [1.82, 2.24) is 4.90 Å². The van der Waals surface area contributed by atoms with Gasteiger partial charge in [0.15, 0.2) is 0 Å². The van der Waals surface area contributed by atoms with Gasteiger partial charge in [-0.15, -0.1) is 0 Å². The van der Waals surface area contributed by atoms with Crippen molar-refractivity contribution in [3.05, 3.63) is 35.6 Å². The molecule has 2 atom stereocenters. The number of hydrogen-bond acceptors (Lipinski definition) is 2. The van der Waals surface area contributed by atoms with Crippen molar-refractivity contribution in [2.45, 2.75) is 25.8 Å². The first-order valence-electron chi connectivity index (χ1n) is 6.40. The third-order valence-electron chi connectivity index (χ3n) is 3.72. The van der Waals surface area contributed by atoms with Crippen LogP contribution in [-0.2, 0) is 0 Å². The van der Waals surface area contributed by atoms with Gasteiger partial charge < -0.3 is 10.6 Å². The molecule has 2 N–H and O–H groups in total. The van der Waals surface area contributed by atoms with Gasteiger partial charge in [-0.05, 0) is 30.9 Å². The van der Waals surface area contributed by atoms with Crippen LogP contribution in [0.3, 0.4) is 0 Å². The molecule has 1 aromatic rings. The molecule has 1 aliphatic rings. The molecule has 98 valence electrons. The lowest BCUT2D eigenvalue weighted by molar-refractivity contribution is 0.0528. The number of likely N-dealkylation sites (tertiary alicyclic amines) is 1. The van der Waals surface area contributed by atoms with Crippen LogP contribution in [0.2, 0.25) is 0 Å². The maximum atomic E-state index is 13.6. The number of hydrogen-bond donors (Lipinski definition) is 1. The average molecular weight is 250 g/mol. The van der Waals surface area contributed by atoms with Crippen LogP contribution in [0.1, 0.15) is 30.1 Å². The number of piperidine rings is 1. The number of carbonyl (C=O) groups excluding carboxylic acids is 1. The van der Waals surface area contributed by atoms with E-state index in [4.69, 9.17) is 5.73 Å². The maximum Gasteiger partial charge on any atom is 0.257 e. The van der Waals surface area contributed by atoms with Crippen molar-refractivity contribution in [3.8, 4) is 0 Å². The van der Waals surface area contributed by atoms with Crippen LogP contribution in [0, 0.1) is 11.7 Å². The molecule has 3 nitrogen and oxygen atoms in total. The molecule has 0 radical (unpaired) electrons. The molecule has 1 aliphatic heterocycles. The van der Waals surface area contributed by atoms with E-state index in [9.17, 15) is 9.18 Å². The quantitative estimate of drug-likeness (QED) is 0.873. The number of nitrogens with zero attached hydrogens (tertiary/aromatic N) is 1. The second-order valence-electron chi connectivity index (χ2n) is 4.90. The van der Waals surface area contributed by atoms with Crippen molar-refractivity contribution in [3.63, 3.8) is 0 Å². The second kappa shape index (κ2) is 5.48. The number of nitrogens with two attached hydrogens (primary N) is 1. The second-order valence-corrected chi connectivity index (χ2v) is 4.90. The van der Waals surface area contributed by atoms with E-state index in [1.165, 1.54) is 12.1 Å². The minimum atomic E-state index is -0.462. The monoisotopic (exact) mass is 250 g/mol.